The summed E-state index contributed by atoms with van der Waals surface area (Å²) in [5, 5.41) is 0. The predicted octanol–water partition coefficient (Wildman–Crippen LogP) is 2.79. The van der Waals surface area contributed by atoms with E-state index < -0.39 is 15.7 Å². The first-order valence-corrected chi connectivity index (χ1v) is 8.19. The van der Waals surface area contributed by atoms with E-state index in [1.807, 2.05) is 0 Å². The minimum Gasteiger partial charge on any atom is -0.381 e. The lowest BCUT2D eigenvalue weighted by molar-refractivity contribution is 0.0723. The molecular weight excluding hydrogens is 323 g/mol. The van der Waals surface area contributed by atoms with E-state index in [2.05, 4.69) is 15.9 Å². The van der Waals surface area contributed by atoms with Gasteiger partial charge in [0, 0.05) is 17.7 Å². The van der Waals surface area contributed by atoms with Gasteiger partial charge in [0.05, 0.1) is 5.75 Å². The standard InChI is InChI=1S/C12H14BrFO3S/c13-10-1-2-12(11(14)7-10)18(15,16)8-9-3-5-17-6-4-9/h1-2,7,9H,3-6,8H2. The maximum absolute atomic E-state index is 13.7. The van der Waals surface area contributed by atoms with Gasteiger partial charge in [-0.05, 0) is 37.0 Å². The Morgan fingerprint density at radius 1 is 1.33 bits per heavy atom. The van der Waals surface area contributed by atoms with Crippen LogP contribution in [0.25, 0.3) is 0 Å². The van der Waals surface area contributed by atoms with E-state index >= 15 is 0 Å². The summed E-state index contributed by atoms with van der Waals surface area (Å²) in [5.74, 6) is -0.641. The van der Waals surface area contributed by atoms with Crippen LogP contribution in [0.4, 0.5) is 4.39 Å². The molecule has 1 fully saturated rings. The summed E-state index contributed by atoms with van der Waals surface area (Å²) in [6.45, 7) is 1.17. The maximum atomic E-state index is 13.7. The first-order chi connectivity index (χ1) is 8.49. The van der Waals surface area contributed by atoms with Crippen LogP contribution in [-0.2, 0) is 14.6 Å². The molecule has 100 valence electrons. The van der Waals surface area contributed by atoms with Crippen LogP contribution >= 0.6 is 15.9 Å². The Morgan fingerprint density at radius 3 is 2.61 bits per heavy atom. The molecule has 1 aliphatic rings. The molecule has 1 heterocycles. The molecule has 0 radical (unpaired) electrons. The van der Waals surface area contributed by atoms with Crippen molar-refractivity contribution >= 4 is 25.8 Å². The van der Waals surface area contributed by atoms with Gasteiger partial charge in [-0.15, -0.1) is 0 Å². The van der Waals surface area contributed by atoms with Crippen molar-refractivity contribution in [3.05, 3.63) is 28.5 Å². The van der Waals surface area contributed by atoms with Gasteiger partial charge < -0.3 is 4.74 Å². The quantitative estimate of drug-likeness (QED) is 0.852. The predicted molar refractivity (Wildman–Crippen MR) is 69.7 cm³/mol. The summed E-state index contributed by atoms with van der Waals surface area (Å²) >= 11 is 3.11. The number of halogens is 2. The summed E-state index contributed by atoms with van der Waals surface area (Å²) in [5.41, 5.74) is 0. The van der Waals surface area contributed by atoms with E-state index in [9.17, 15) is 12.8 Å². The molecule has 1 saturated heterocycles. The molecule has 0 amide bonds. The third-order valence-corrected chi connectivity index (χ3v) is 5.43. The number of hydrogen-bond donors (Lipinski definition) is 0. The molecule has 0 aromatic heterocycles. The van der Waals surface area contributed by atoms with Crippen molar-refractivity contribution in [1.29, 1.82) is 0 Å². The number of sulfone groups is 1. The molecule has 0 spiro atoms. The first-order valence-electron chi connectivity index (χ1n) is 5.74. The summed E-state index contributed by atoms with van der Waals surface area (Å²) in [6.07, 6.45) is 1.44. The van der Waals surface area contributed by atoms with Gasteiger partial charge in [-0.3, -0.25) is 0 Å². The second kappa shape index (κ2) is 5.67. The third-order valence-electron chi connectivity index (χ3n) is 3.02. The fraction of sp³-hybridized carbons (Fsp3) is 0.500. The molecule has 1 aromatic carbocycles. The van der Waals surface area contributed by atoms with Gasteiger partial charge in [-0.1, -0.05) is 15.9 Å². The van der Waals surface area contributed by atoms with E-state index in [1.165, 1.54) is 12.1 Å². The van der Waals surface area contributed by atoms with Gasteiger partial charge in [0.25, 0.3) is 0 Å². The van der Waals surface area contributed by atoms with Crippen LogP contribution in [0.3, 0.4) is 0 Å². The lowest BCUT2D eigenvalue weighted by Gasteiger charge is -2.21. The molecule has 0 saturated carbocycles. The third kappa shape index (κ3) is 3.30. The van der Waals surface area contributed by atoms with Gasteiger partial charge >= 0.3 is 0 Å². The average molecular weight is 337 g/mol. The van der Waals surface area contributed by atoms with E-state index in [1.54, 1.807) is 6.07 Å². The second-order valence-corrected chi connectivity index (χ2v) is 7.33. The van der Waals surface area contributed by atoms with E-state index in [0.29, 0.717) is 17.7 Å². The molecular formula is C12H14BrFO3S. The zero-order valence-corrected chi connectivity index (χ0v) is 12.1. The Hall–Kier alpha value is -0.460. The van der Waals surface area contributed by atoms with E-state index in [0.717, 1.165) is 12.8 Å². The van der Waals surface area contributed by atoms with Crippen LogP contribution < -0.4 is 0 Å². The fourth-order valence-corrected chi connectivity index (χ4v) is 4.14. The van der Waals surface area contributed by atoms with Crippen molar-refractivity contribution in [2.24, 2.45) is 5.92 Å². The molecule has 1 aliphatic heterocycles. The molecule has 0 unspecified atom stereocenters. The highest BCUT2D eigenvalue weighted by Crippen LogP contribution is 2.24. The van der Waals surface area contributed by atoms with Crippen molar-refractivity contribution in [3.8, 4) is 0 Å². The Balaban J connectivity index is 2.19. The van der Waals surface area contributed by atoms with Crippen molar-refractivity contribution in [2.75, 3.05) is 19.0 Å². The lowest BCUT2D eigenvalue weighted by Crippen LogP contribution is -2.24. The first kappa shape index (κ1) is 14.0. The lowest BCUT2D eigenvalue weighted by atomic mass is 10.0. The molecule has 0 N–H and O–H groups in total. The molecule has 0 atom stereocenters. The molecule has 3 nitrogen and oxygen atoms in total. The second-order valence-electron chi connectivity index (χ2n) is 4.41. The Bertz CT molecular complexity index is 524. The Morgan fingerprint density at radius 2 is 2.00 bits per heavy atom. The summed E-state index contributed by atoms with van der Waals surface area (Å²) in [6, 6.07) is 4.03. The summed E-state index contributed by atoms with van der Waals surface area (Å²) < 4.78 is 43.7. The minimum atomic E-state index is -3.56. The highest BCUT2D eigenvalue weighted by Gasteiger charge is 2.25. The fourth-order valence-electron chi connectivity index (χ4n) is 2.04. The summed E-state index contributed by atoms with van der Waals surface area (Å²) in [4.78, 5) is -0.211. The zero-order chi connectivity index (χ0) is 13.2. The number of benzene rings is 1. The monoisotopic (exact) mass is 336 g/mol. The highest BCUT2D eigenvalue weighted by atomic mass is 79.9. The van der Waals surface area contributed by atoms with Crippen molar-refractivity contribution < 1.29 is 17.5 Å². The number of rotatable bonds is 3. The van der Waals surface area contributed by atoms with Crippen molar-refractivity contribution in [3.63, 3.8) is 0 Å². The molecule has 2 rings (SSSR count). The molecule has 18 heavy (non-hydrogen) atoms. The molecule has 6 heteroatoms. The van der Waals surface area contributed by atoms with Gasteiger partial charge in [0.15, 0.2) is 9.84 Å². The molecule has 1 aromatic rings. The normalized spacial score (nSPS) is 17.9. The number of ether oxygens (including phenoxy) is 1. The van der Waals surface area contributed by atoms with E-state index in [-0.39, 0.29) is 16.6 Å². The van der Waals surface area contributed by atoms with Crippen LogP contribution in [0.1, 0.15) is 12.8 Å². The number of hydrogen-bond acceptors (Lipinski definition) is 3. The Kier molecular flexibility index (Phi) is 4.40. The van der Waals surface area contributed by atoms with Gasteiger partial charge in [0.2, 0.25) is 0 Å². The molecule has 0 bridgehead atoms. The van der Waals surface area contributed by atoms with E-state index in [4.69, 9.17) is 4.74 Å². The minimum absolute atomic E-state index is 0.00505. The topological polar surface area (TPSA) is 43.4 Å². The average Bonchev–Trinajstić information content (AvgIpc) is 2.29. The van der Waals surface area contributed by atoms with Gasteiger partial charge in [-0.2, -0.15) is 0 Å². The molecule has 0 aliphatic carbocycles. The zero-order valence-electron chi connectivity index (χ0n) is 9.73. The highest BCUT2D eigenvalue weighted by molar-refractivity contribution is 9.10. The smallest absolute Gasteiger partial charge is 0.181 e. The van der Waals surface area contributed by atoms with Crippen LogP contribution in [0.2, 0.25) is 0 Å². The maximum Gasteiger partial charge on any atom is 0.181 e. The summed E-state index contributed by atoms with van der Waals surface area (Å²) in [7, 11) is -3.56. The van der Waals surface area contributed by atoms with Crippen molar-refractivity contribution in [1.82, 2.24) is 0 Å². The SMILES string of the molecule is O=S(=O)(CC1CCOCC1)c1ccc(Br)cc1F. The van der Waals surface area contributed by atoms with Crippen LogP contribution in [0.15, 0.2) is 27.6 Å². The van der Waals surface area contributed by atoms with Crippen LogP contribution in [-0.4, -0.2) is 27.4 Å². The van der Waals surface area contributed by atoms with Crippen LogP contribution in [0, 0.1) is 11.7 Å². The largest absolute Gasteiger partial charge is 0.381 e. The van der Waals surface area contributed by atoms with Gasteiger partial charge in [-0.25, -0.2) is 12.8 Å². The van der Waals surface area contributed by atoms with Gasteiger partial charge in [0.1, 0.15) is 10.7 Å². The van der Waals surface area contributed by atoms with Crippen molar-refractivity contribution in [2.45, 2.75) is 17.7 Å². The van der Waals surface area contributed by atoms with Crippen LogP contribution in [0.5, 0.6) is 0 Å². The Labute approximate surface area is 114 Å².